The number of hydrogen-bond donors (Lipinski definition) is 0. The first-order valence-electron chi connectivity index (χ1n) is 9.68. The van der Waals surface area contributed by atoms with Gasteiger partial charge in [-0.1, -0.05) is 22.9 Å². The molecule has 8 heteroatoms. The number of nitrogens with zero attached hydrogens (tertiary/aromatic N) is 5. The summed E-state index contributed by atoms with van der Waals surface area (Å²) in [7, 11) is 0. The van der Waals surface area contributed by atoms with E-state index < -0.39 is 0 Å². The number of hydrogen-bond acceptors (Lipinski definition) is 4. The molecule has 1 amide bonds. The van der Waals surface area contributed by atoms with Gasteiger partial charge in [-0.25, -0.2) is 4.68 Å². The van der Waals surface area contributed by atoms with Crippen molar-refractivity contribution >= 4 is 17.5 Å². The number of fused-ring (bicyclic) bond motifs is 4. The molecular formula is C21H20ClN5O2. The number of carbonyl (C=O) groups is 1. The van der Waals surface area contributed by atoms with Gasteiger partial charge in [0.05, 0.1) is 11.4 Å². The van der Waals surface area contributed by atoms with Crippen LogP contribution in [0.2, 0.25) is 5.02 Å². The van der Waals surface area contributed by atoms with E-state index >= 15 is 0 Å². The molecule has 148 valence electrons. The highest BCUT2D eigenvalue weighted by Crippen LogP contribution is 2.35. The second kappa shape index (κ2) is 6.84. The van der Waals surface area contributed by atoms with Gasteiger partial charge in [0.25, 0.3) is 11.5 Å². The van der Waals surface area contributed by atoms with Gasteiger partial charge in [0.2, 0.25) is 0 Å². The zero-order valence-electron chi connectivity index (χ0n) is 16.0. The van der Waals surface area contributed by atoms with Crippen molar-refractivity contribution in [2.24, 2.45) is 5.92 Å². The molecule has 2 aliphatic heterocycles. The SMILES string of the molecule is Cc1c(C(=O)N2C[C@H]3C[C@@H](C2)c2cccc(=O)n2C3)nnn1-c1ccc(Cl)cc1. The van der Waals surface area contributed by atoms with Crippen LogP contribution in [0.25, 0.3) is 5.69 Å². The van der Waals surface area contributed by atoms with Gasteiger partial charge in [-0.3, -0.25) is 9.59 Å². The van der Waals surface area contributed by atoms with E-state index in [9.17, 15) is 9.59 Å². The van der Waals surface area contributed by atoms with E-state index in [1.807, 2.05) is 34.6 Å². The lowest BCUT2D eigenvalue weighted by Crippen LogP contribution is -2.49. The van der Waals surface area contributed by atoms with Crippen LogP contribution in [0, 0.1) is 12.8 Å². The minimum atomic E-state index is -0.107. The van der Waals surface area contributed by atoms with Crippen LogP contribution < -0.4 is 5.56 Å². The summed E-state index contributed by atoms with van der Waals surface area (Å²) >= 11 is 5.96. The van der Waals surface area contributed by atoms with Crippen LogP contribution >= 0.6 is 11.6 Å². The molecule has 3 aromatic rings. The van der Waals surface area contributed by atoms with E-state index in [-0.39, 0.29) is 23.3 Å². The molecule has 1 aromatic carbocycles. The Morgan fingerprint density at radius 3 is 2.69 bits per heavy atom. The third-order valence-corrected chi connectivity index (χ3v) is 6.19. The quantitative estimate of drug-likeness (QED) is 0.652. The van der Waals surface area contributed by atoms with E-state index in [2.05, 4.69) is 10.3 Å². The molecule has 2 bridgehead atoms. The van der Waals surface area contributed by atoms with Gasteiger partial charge in [-0.05, 0) is 49.6 Å². The molecular weight excluding hydrogens is 390 g/mol. The molecule has 0 spiro atoms. The fourth-order valence-corrected chi connectivity index (χ4v) is 4.69. The molecule has 2 aliphatic rings. The number of aromatic nitrogens is 4. The maximum atomic E-state index is 13.2. The number of carbonyl (C=O) groups excluding carboxylic acids is 1. The standard InChI is InChI=1S/C21H20ClN5O2/c1-13-20(23-24-27(13)17-7-5-16(22)6-8-17)21(29)25-10-14-9-15(12-25)18-3-2-4-19(28)26(18)11-14/h2-8,14-15H,9-12H2,1H3/t14-,15+/m1/s1. The minimum Gasteiger partial charge on any atom is -0.336 e. The minimum absolute atomic E-state index is 0.0405. The third kappa shape index (κ3) is 3.06. The molecule has 0 saturated carbocycles. The highest BCUT2D eigenvalue weighted by molar-refractivity contribution is 6.30. The van der Waals surface area contributed by atoms with Crippen molar-refractivity contribution in [3.8, 4) is 5.69 Å². The Morgan fingerprint density at radius 2 is 1.90 bits per heavy atom. The Bertz CT molecular complexity index is 1150. The first-order valence-corrected chi connectivity index (χ1v) is 10.1. The number of benzene rings is 1. The van der Waals surface area contributed by atoms with Crippen molar-refractivity contribution in [3.05, 3.63) is 74.9 Å². The molecule has 0 radical (unpaired) electrons. The van der Waals surface area contributed by atoms with Gasteiger partial charge >= 0.3 is 0 Å². The molecule has 0 unspecified atom stereocenters. The van der Waals surface area contributed by atoms with Crippen LogP contribution in [0.4, 0.5) is 0 Å². The smallest absolute Gasteiger partial charge is 0.276 e. The monoisotopic (exact) mass is 409 g/mol. The second-order valence-electron chi connectivity index (χ2n) is 7.82. The van der Waals surface area contributed by atoms with Gasteiger partial charge < -0.3 is 9.47 Å². The van der Waals surface area contributed by atoms with Crippen molar-refractivity contribution in [1.29, 1.82) is 0 Å². The number of amides is 1. The molecule has 0 N–H and O–H groups in total. The summed E-state index contributed by atoms with van der Waals surface area (Å²) in [5.74, 6) is 0.341. The Hall–Kier alpha value is -2.93. The summed E-state index contributed by atoms with van der Waals surface area (Å²) in [4.78, 5) is 27.3. The maximum absolute atomic E-state index is 13.2. The molecule has 5 rings (SSSR count). The Labute approximate surface area is 172 Å². The summed E-state index contributed by atoms with van der Waals surface area (Å²) in [6.45, 7) is 3.72. The highest BCUT2D eigenvalue weighted by atomic mass is 35.5. The largest absolute Gasteiger partial charge is 0.336 e. The lowest BCUT2D eigenvalue weighted by Gasteiger charge is -2.42. The summed E-state index contributed by atoms with van der Waals surface area (Å²) in [5, 5.41) is 9.00. The molecule has 2 aromatic heterocycles. The van der Waals surface area contributed by atoms with E-state index in [1.54, 1.807) is 28.9 Å². The summed E-state index contributed by atoms with van der Waals surface area (Å²) in [6, 6.07) is 12.7. The molecule has 1 saturated heterocycles. The van der Waals surface area contributed by atoms with Gasteiger partial charge in [-0.15, -0.1) is 5.10 Å². The first-order chi connectivity index (χ1) is 14.0. The van der Waals surface area contributed by atoms with Crippen molar-refractivity contribution in [2.45, 2.75) is 25.8 Å². The van der Waals surface area contributed by atoms with Gasteiger partial charge in [0, 0.05) is 42.3 Å². The summed E-state index contributed by atoms with van der Waals surface area (Å²) in [5.41, 5.74) is 2.93. The van der Waals surface area contributed by atoms with Gasteiger partial charge in [0.1, 0.15) is 0 Å². The zero-order valence-corrected chi connectivity index (χ0v) is 16.7. The molecule has 29 heavy (non-hydrogen) atoms. The number of pyridine rings is 1. The predicted molar refractivity (Wildman–Crippen MR) is 109 cm³/mol. The lowest BCUT2D eigenvalue weighted by molar-refractivity contribution is 0.0588. The number of likely N-dealkylation sites (tertiary alicyclic amines) is 1. The lowest BCUT2D eigenvalue weighted by atomic mass is 9.83. The molecule has 4 heterocycles. The van der Waals surface area contributed by atoms with Crippen LogP contribution in [0.3, 0.4) is 0 Å². The maximum Gasteiger partial charge on any atom is 0.276 e. The number of rotatable bonds is 2. The van der Waals surface area contributed by atoms with Crippen LogP contribution in [-0.2, 0) is 6.54 Å². The topological polar surface area (TPSA) is 73.0 Å². The Balaban J connectivity index is 1.42. The normalized spacial score (nSPS) is 20.4. The van der Waals surface area contributed by atoms with Crippen LogP contribution in [0.5, 0.6) is 0 Å². The molecule has 2 atom stereocenters. The van der Waals surface area contributed by atoms with Crippen LogP contribution in [0.15, 0.2) is 47.3 Å². The first kappa shape index (κ1) is 18.1. The molecule has 7 nitrogen and oxygen atoms in total. The van der Waals surface area contributed by atoms with E-state index in [0.29, 0.717) is 36.0 Å². The predicted octanol–water partition coefficient (Wildman–Crippen LogP) is 2.65. The number of halogens is 1. The average molecular weight is 410 g/mol. The second-order valence-corrected chi connectivity index (χ2v) is 8.26. The van der Waals surface area contributed by atoms with E-state index in [0.717, 1.165) is 17.8 Å². The van der Waals surface area contributed by atoms with E-state index in [4.69, 9.17) is 11.6 Å². The Morgan fingerprint density at radius 1 is 1.10 bits per heavy atom. The van der Waals surface area contributed by atoms with Crippen molar-refractivity contribution in [3.63, 3.8) is 0 Å². The van der Waals surface area contributed by atoms with Crippen molar-refractivity contribution in [2.75, 3.05) is 13.1 Å². The highest BCUT2D eigenvalue weighted by Gasteiger charge is 2.37. The summed E-state index contributed by atoms with van der Waals surface area (Å²) < 4.78 is 3.52. The van der Waals surface area contributed by atoms with Crippen LogP contribution in [0.1, 0.15) is 34.2 Å². The summed E-state index contributed by atoms with van der Waals surface area (Å²) in [6.07, 6.45) is 1.00. The molecule has 1 fully saturated rings. The zero-order chi connectivity index (χ0) is 20.1. The number of piperidine rings is 1. The Kier molecular flexibility index (Phi) is 4.28. The average Bonchev–Trinajstić information content (AvgIpc) is 3.10. The third-order valence-electron chi connectivity index (χ3n) is 5.94. The van der Waals surface area contributed by atoms with E-state index in [1.165, 1.54) is 0 Å². The van der Waals surface area contributed by atoms with Crippen molar-refractivity contribution < 1.29 is 4.79 Å². The van der Waals surface area contributed by atoms with Crippen molar-refractivity contribution in [1.82, 2.24) is 24.5 Å². The fourth-order valence-electron chi connectivity index (χ4n) is 4.57. The van der Waals surface area contributed by atoms with Crippen LogP contribution in [-0.4, -0.2) is 43.5 Å². The van der Waals surface area contributed by atoms with Gasteiger partial charge in [-0.2, -0.15) is 0 Å². The fraction of sp³-hybridized carbons (Fsp3) is 0.333. The van der Waals surface area contributed by atoms with Gasteiger partial charge in [0.15, 0.2) is 5.69 Å². The molecule has 0 aliphatic carbocycles.